The molecule has 20 heavy (non-hydrogen) atoms. The Hall–Kier alpha value is -1.06. The highest BCUT2D eigenvalue weighted by Crippen LogP contribution is 2.21. The summed E-state index contributed by atoms with van der Waals surface area (Å²) in [6.07, 6.45) is 4.22. The number of ether oxygens (including phenoxy) is 1. The molecule has 0 radical (unpaired) electrons. The molecular weight excluding hydrogens is 248 g/mol. The van der Waals surface area contributed by atoms with E-state index in [0.29, 0.717) is 6.04 Å². The summed E-state index contributed by atoms with van der Waals surface area (Å²) < 4.78 is 5.79. The zero-order chi connectivity index (χ0) is 14.4. The summed E-state index contributed by atoms with van der Waals surface area (Å²) in [5.74, 6) is 0.986. The van der Waals surface area contributed by atoms with E-state index >= 15 is 0 Å². The molecule has 1 aliphatic heterocycles. The lowest BCUT2D eigenvalue weighted by Crippen LogP contribution is -2.44. The molecule has 0 saturated carbocycles. The maximum absolute atomic E-state index is 5.79. The van der Waals surface area contributed by atoms with Crippen LogP contribution in [0.25, 0.3) is 0 Å². The van der Waals surface area contributed by atoms with Gasteiger partial charge in [-0.3, -0.25) is 4.90 Å². The highest BCUT2D eigenvalue weighted by atomic mass is 16.5. The lowest BCUT2D eigenvalue weighted by Gasteiger charge is -2.35. The monoisotopic (exact) mass is 276 g/mol. The van der Waals surface area contributed by atoms with Gasteiger partial charge < -0.3 is 10.1 Å². The molecule has 1 N–H and O–H groups in total. The van der Waals surface area contributed by atoms with Crippen molar-refractivity contribution in [1.29, 1.82) is 0 Å². The van der Waals surface area contributed by atoms with Gasteiger partial charge in [0.1, 0.15) is 5.75 Å². The number of piperidine rings is 1. The normalized spacial score (nSPS) is 20.3. The fourth-order valence-electron chi connectivity index (χ4n) is 2.96. The van der Waals surface area contributed by atoms with Crippen molar-refractivity contribution in [1.82, 2.24) is 10.2 Å². The molecule has 1 fully saturated rings. The second-order valence-electron chi connectivity index (χ2n) is 5.99. The molecule has 1 aromatic carbocycles. The summed E-state index contributed by atoms with van der Waals surface area (Å²) in [5.41, 5.74) is 1.35. The molecular formula is C17H28N2O. The van der Waals surface area contributed by atoms with Gasteiger partial charge in [0.2, 0.25) is 0 Å². The molecule has 3 heteroatoms. The first kappa shape index (κ1) is 15.3. The molecule has 1 atom stereocenters. The molecule has 0 amide bonds. The summed E-state index contributed by atoms with van der Waals surface area (Å²) >= 11 is 0. The van der Waals surface area contributed by atoms with Gasteiger partial charge in [-0.15, -0.1) is 0 Å². The predicted octanol–water partition coefficient (Wildman–Crippen LogP) is 3.05. The lowest BCUT2D eigenvalue weighted by molar-refractivity contribution is 0.139. The van der Waals surface area contributed by atoms with Gasteiger partial charge in [0.05, 0.1) is 6.10 Å². The van der Waals surface area contributed by atoms with Gasteiger partial charge in [-0.25, -0.2) is 0 Å². The minimum atomic E-state index is 0.234. The van der Waals surface area contributed by atoms with Crippen molar-refractivity contribution in [2.75, 3.05) is 20.1 Å². The van der Waals surface area contributed by atoms with Crippen LogP contribution in [0.15, 0.2) is 24.3 Å². The van der Waals surface area contributed by atoms with Crippen LogP contribution in [0.1, 0.15) is 38.7 Å². The third-order valence-electron chi connectivity index (χ3n) is 3.84. The van der Waals surface area contributed by atoms with E-state index in [1.54, 1.807) is 0 Å². The minimum Gasteiger partial charge on any atom is -0.491 e. The highest BCUT2D eigenvalue weighted by molar-refractivity contribution is 5.28. The maximum atomic E-state index is 5.79. The fraction of sp³-hybridized carbons (Fsp3) is 0.647. The zero-order valence-corrected chi connectivity index (χ0v) is 13.1. The summed E-state index contributed by atoms with van der Waals surface area (Å²) in [5, 5.41) is 3.32. The molecule has 2 rings (SSSR count). The second kappa shape index (κ2) is 7.65. The highest BCUT2D eigenvalue weighted by Gasteiger charge is 2.21. The molecule has 1 aromatic rings. The number of likely N-dealkylation sites (N-methyl/N-ethyl adjacent to an activating group) is 1. The zero-order valence-electron chi connectivity index (χ0n) is 13.1. The van der Waals surface area contributed by atoms with Crippen LogP contribution in [0.4, 0.5) is 0 Å². The molecule has 0 bridgehead atoms. The van der Waals surface area contributed by atoms with Crippen molar-refractivity contribution in [2.24, 2.45) is 0 Å². The fourth-order valence-corrected chi connectivity index (χ4v) is 2.96. The van der Waals surface area contributed by atoms with Crippen molar-refractivity contribution in [2.45, 2.75) is 51.8 Å². The molecule has 1 saturated heterocycles. The Labute approximate surface area is 123 Å². The van der Waals surface area contributed by atoms with E-state index in [1.807, 2.05) is 13.1 Å². The molecule has 0 aliphatic carbocycles. The molecule has 0 spiro atoms. The van der Waals surface area contributed by atoms with Crippen LogP contribution >= 0.6 is 0 Å². The standard InChI is InChI=1S/C17H28N2O/c1-14(2)20-17-9-6-7-15(11-17)13-19-10-5-4-8-16(19)12-18-3/h6-7,9,11,14,16,18H,4-5,8,10,12-13H2,1-3H3. The Morgan fingerprint density at radius 1 is 1.35 bits per heavy atom. The van der Waals surface area contributed by atoms with Gasteiger partial charge in [0, 0.05) is 19.1 Å². The van der Waals surface area contributed by atoms with E-state index in [-0.39, 0.29) is 6.10 Å². The Bertz CT molecular complexity index is 404. The first-order valence-corrected chi connectivity index (χ1v) is 7.83. The van der Waals surface area contributed by atoms with Crippen molar-refractivity contribution < 1.29 is 4.74 Å². The van der Waals surface area contributed by atoms with Gasteiger partial charge in [-0.1, -0.05) is 18.6 Å². The lowest BCUT2D eigenvalue weighted by atomic mass is 10.0. The van der Waals surface area contributed by atoms with E-state index in [9.17, 15) is 0 Å². The van der Waals surface area contributed by atoms with Crippen molar-refractivity contribution in [3.8, 4) is 5.75 Å². The number of benzene rings is 1. The number of rotatable bonds is 6. The van der Waals surface area contributed by atoms with Crippen LogP contribution in [-0.4, -0.2) is 37.2 Å². The number of nitrogens with one attached hydrogen (secondary N) is 1. The molecule has 3 nitrogen and oxygen atoms in total. The van der Waals surface area contributed by atoms with E-state index in [2.05, 4.69) is 42.3 Å². The van der Waals surface area contributed by atoms with E-state index in [0.717, 1.165) is 18.8 Å². The third kappa shape index (κ3) is 4.50. The first-order chi connectivity index (χ1) is 9.69. The first-order valence-electron chi connectivity index (χ1n) is 7.83. The topological polar surface area (TPSA) is 24.5 Å². The number of hydrogen-bond acceptors (Lipinski definition) is 3. The minimum absolute atomic E-state index is 0.234. The second-order valence-corrected chi connectivity index (χ2v) is 5.99. The summed E-state index contributed by atoms with van der Waals surface area (Å²) in [6, 6.07) is 9.21. The summed E-state index contributed by atoms with van der Waals surface area (Å²) in [6.45, 7) is 7.46. The molecule has 112 valence electrons. The Morgan fingerprint density at radius 2 is 2.20 bits per heavy atom. The Kier molecular flexibility index (Phi) is 5.86. The van der Waals surface area contributed by atoms with Crippen LogP contribution in [0.5, 0.6) is 5.75 Å². The van der Waals surface area contributed by atoms with Crippen LogP contribution in [-0.2, 0) is 6.54 Å². The SMILES string of the molecule is CNCC1CCCCN1Cc1cccc(OC(C)C)c1. The molecule has 0 aromatic heterocycles. The molecule has 1 heterocycles. The van der Waals surface area contributed by atoms with Gasteiger partial charge in [-0.05, 0) is 58.0 Å². The summed E-state index contributed by atoms with van der Waals surface area (Å²) in [4.78, 5) is 2.61. The van der Waals surface area contributed by atoms with Gasteiger partial charge in [-0.2, -0.15) is 0 Å². The van der Waals surface area contributed by atoms with Gasteiger partial charge in [0.15, 0.2) is 0 Å². The van der Waals surface area contributed by atoms with E-state index < -0.39 is 0 Å². The van der Waals surface area contributed by atoms with E-state index in [4.69, 9.17) is 4.74 Å². The molecule has 1 aliphatic rings. The van der Waals surface area contributed by atoms with Crippen LogP contribution in [0.3, 0.4) is 0 Å². The van der Waals surface area contributed by atoms with Crippen molar-refractivity contribution >= 4 is 0 Å². The van der Waals surface area contributed by atoms with E-state index in [1.165, 1.54) is 31.4 Å². The smallest absolute Gasteiger partial charge is 0.120 e. The maximum Gasteiger partial charge on any atom is 0.120 e. The average Bonchev–Trinajstić information content (AvgIpc) is 2.41. The predicted molar refractivity (Wildman–Crippen MR) is 84.2 cm³/mol. The van der Waals surface area contributed by atoms with Crippen molar-refractivity contribution in [3.63, 3.8) is 0 Å². The van der Waals surface area contributed by atoms with Gasteiger partial charge >= 0.3 is 0 Å². The average molecular weight is 276 g/mol. The van der Waals surface area contributed by atoms with Crippen molar-refractivity contribution in [3.05, 3.63) is 29.8 Å². The van der Waals surface area contributed by atoms with Crippen LogP contribution in [0, 0.1) is 0 Å². The largest absolute Gasteiger partial charge is 0.491 e. The number of nitrogens with zero attached hydrogens (tertiary/aromatic N) is 1. The Morgan fingerprint density at radius 3 is 2.95 bits per heavy atom. The van der Waals surface area contributed by atoms with Crippen LogP contribution in [0.2, 0.25) is 0 Å². The third-order valence-corrected chi connectivity index (χ3v) is 3.84. The Balaban J connectivity index is 2.00. The molecule has 1 unspecified atom stereocenters. The summed E-state index contributed by atoms with van der Waals surface area (Å²) in [7, 11) is 2.05. The number of likely N-dealkylation sites (tertiary alicyclic amines) is 1. The van der Waals surface area contributed by atoms with Crippen LogP contribution < -0.4 is 10.1 Å². The quantitative estimate of drug-likeness (QED) is 0.864. The number of hydrogen-bond donors (Lipinski definition) is 1. The van der Waals surface area contributed by atoms with Gasteiger partial charge in [0.25, 0.3) is 0 Å².